The average molecular weight is 292 g/mol. The van der Waals surface area contributed by atoms with Gasteiger partial charge in [-0.1, -0.05) is 12.1 Å². The van der Waals surface area contributed by atoms with Gasteiger partial charge >= 0.3 is 0 Å². The normalized spacial score (nSPS) is 18.1. The molecule has 2 unspecified atom stereocenters. The summed E-state index contributed by atoms with van der Waals surface area (Å²) in [5.41, 5.74) is 8.34. The van der Waals surface area contributed by atoms with Crippen LogP contribution in [0.15, 0.2) is 18.2 Å². The van der Waals surface area contributed by atoms with Crippen molar-refractivity contribution < 1.29 is 14.3 Å². The van der Waals surface area contributed by atoms with Crippen molar-refractivity contribution in [2.75, 3.05) is 20.3 Å². The molecule has 2 atom stereocenters. The van der Waals surface area contributed by atoms with Crippen LogP contribution in [0.4, 0.5) is 0 Å². The molecule has 116 valence electrons. The van der Waals surface area contributed by atoms with Crippen molar-refractivity contribution in [1.29, 1.82) is 0 Å². The fourth-order valence-electron chi connectivity index (χ4n) is 2.58. The number of nitrogens with two attached hydrogens (primary N) is 1. The molecule has 3 N–H and O–H groups in total. The van der Waals surface area contributed by atoms with Crippen molar-refractivity contribution in [3.63, 3.8) is 0 Å². The van der Waals surface area contributed by atoms with Crippen LogP contribution in [0.2, 0.25) is 0 Å². The van der Waals surface area contributed by atoms with Crippen molar-refractivity contribution in [3.8, 4) is 5.75 Å². The average Bonchev–Trinajstić information content (AvgIpc) is 2.86. The molecule has 0 radical (unpaired) electrons. The zero-order valence-electron chi connectivity index (χ0n) is 12.7. The van der Waals surface area contributed by atoms with E-state index >= 15 is 0 Å². The molecular weight excluding hydrogens is 268 g/mol. The quantitative estimate of drug-likeness (QED) is 0.748. The van der Waals surface area contributed by atoms with Gasteiger partial charge in [0.25, 0.3) is 5.91 Å². The lowest BCUT2D eigenvalue weighted by molar-refractivity contribution is -0.127. The van der Waals surface area contributed by atoms with E-state index in [1.165, 1.54) is 0 Å². The van der Waals surface area contributed by atoms with Gasteiger partial charge in [-0.3, -0.25) is 4.79 Å². The van der Waals surface area contributed by atoms with E-state index < -0.39 is 6.10 Å². The number of hydrogen-bond donors (Lipinski definition) is 2. The minimum atomic E-state index is -0.518. The Kier molecular flexibility index (Phi) is 5.59. The molecule has 1 aliphatic rings. The second kappa shape index (κ2) is 7.43. The first-order chi connectivity index (χ1) is 10.1. The molecule has 1 aliphatic carbocycles. The number of amides is 1. The number of methoxy groups -OCH3 is 1. The predicted octanol–water partition coefficient (Wildman–Crippen LogP) is 1.55. The third-order valence-corrected chi connectivity index (χ3v) is 3.77. The molecule has 5 heteroatoms. The Morgan fingerprint density at radius 2 is 2.33 bits per heavy atom. The second-order valence-corrected chi connectivity index (χ2v) is 5.37. The molecule has 0 fully saturated rings. The number of ether oxygens (including phenoxy) is 2. The molecule has 0 spiro atoms. The van der Waals surface area contributed by atoms with Crippen molar-refractivity contribution in [2.45, 2.75) is 38.3 Å². The monoisotopic (exact) mass is 292 g/mol. The van der Waals surface area contributed by atoms with Crippen LogP contribution < -0.4 is 15.8 Å². The van der Waals surface area contributed by atoms with Crippen LogP contribution in [0.1, 0.15) is 36.9 Å². The molecule has 1 aromatic carbocycles. The van der Waals surface area contributed by atoms with Gasteiger partial charge in [0.15, 0.2) is 6.10 Å². The molecule has 0 aliphatic heterocycles. The Labute approximate surface area is 125 Å². The maximum absolute atomic E-state index is 12.0. The highest BCUT2D eigenvalue weighted by molar-refractivity contribution is 5.80. The Morgan fingerprint density at radius 3 is 3.10 bits per heavy atom. The molecule has 0 aromatic heterocycles. The molecular formula is C16H24N2O3. The number of fused-ring (bicyclic) bond motifs is 1. The molecule has 1 aromatic rings. The first kappa shape index (κ1) is 15.8. The van der Waals surface area contributed by atoms with E-state index in [4.69, 9.17) is 15.2 Å². The van der Waals surface area contributed by atoms with Crippen molar-refractivity contribution in [2.24, 2.45) is 5.73 Å². The Balaban J connectivity index is 1.91. The van der Waals surface area contributed by atoms with E-state index in [2.05, 4.69) is 5.32 Å². The highest BCUT2D eigenvalue weighted by Gasteiger charge is 2.24. The lowest BCUT2D eigenvalue weighted by atomic mass is 10.1. The topological polar surface area (TPSA) is 73.6 Å². The van der Waals surface area contributed by atoms with E-state index in [0.717, 1.165) is 36.1 Å². The number of benzene rings is 1. The highest BCUT2D eigenvalue weighted by atomic mass is 16.5. The van der Waals surface area contributed by atoms with E-state index in [9.17, 15) is 4.79 Å². The predicted molar refractivity (Wildman–Crippen MR) is 81.3 cm³/mol. The summed E-state index contributed by atoms with van der Waals surface area (Å²) < 4.78 is 10.8. The standard InChI is InChI=1S/C16H24N2O3/c1-11(16(19)18-9-4-10-20-2)21-15-6-3-5-12-13(15)7-8-14(12)17/h3,5-6,11,14H,4,7-10,17H2,1-2H3,(H,18,19). The molecule has 0 heterocycles. The Bertz CT molecular complexity index is 490. The Morgan fingerprint density at radius 1 is 1.52 bits per heavy atom. The summed E-state index contributed by atoms with van der Waals surface area (Å²) in [6.45, 7) is 3.00. The summed E-state index contributed by atoms with van der Waals surface area (Å²) in [6, 6.07) is 5.96. The van der Waals surface area contributed by atoms with E-state index in [1.54, 1.807) is 14.0 Å². The Hall–Kier alpha value is -1.59. The maximum Gasteiger partial charge on any atom is 0.260 e. The summed E-state index contributed by atoms with van der Waals surface area (Å²) >= 11 is 0. The van der Waals surface area contributed by atoms with Crippen molar-refractivity contribution >= 4 is 5.91 Å². The SMILES string of the molecule is COCCCNC(=O)C(C)Oc1cccc2c1CCC2N. The second-order valence-electron chi connectivity index (χ2n) is 5.37. The van der Waals surface area contributed by atoms with Crippen molar-refractivity contribution in [3.05, 3.63) is 29.3 Å². The molecule has 0 saturated carbocycles. The summed E-state index contributed by atoms with van der Waals surface area (Å²) in [7, 11) is 1.65. The summed E-state index contributed by atoms with van der Waals surface area (Å²) in [4.78, 5) is 12.0. The number of carbonyl (C=O) groups is 1. The van der Waals surface area contributed by atoms with Crippen molar-refractivity contribution in [1.82, 2.24) is 5.32 Å². The van der Waals surface area contributed by atoms with E-state index in [0.29, 0.717) is 13.2 Å². The zero-order chi connectivity index (χ0) is 15.2. The van der Waals surface area contributed by atoms with Gasteiger partial charge in [0, 0.05) is 26.3 Å². The smallest absolute Gasteiger partial charge is 0.260 e. The third-order valence-electron chi connectivity index (χ3n) is 3.77. The fraction of sp³-hybridized carbons (Fsp3) is 0.562. The number of nitrogens with one attached hydrogen (secondary N) is 1. The summed E-state index contributed by atoms with van der Waals surface area (Å²) in [6.07, 6.45) is 2.13. The molecule has 2 rings (SSSR count). The number of carbonyl (C=O) groups excluding carboxylic acids is 1. The summed E-state index contributed by atoms with van der Waals surface area (Å²) in [5.74, 6) is 0.672. The fourth-order valence-corrected chi connectivity index (χ4v) is 2.58. The van der Waals surface area contributed by atoms with Gasteiger partial charge < -0.3 is 20.5 Å². The van der Waals surface area contributed by atoms with Gasteiger partial charge in [0.1, 0.15) is 5.75 Å². The first-order valence-electron chi connectivity index (χ1n) is 7.44. The van der Waals surface area contributed by atoms with Crippen LogP contribution in [0.3, 0.4) is 0 Å². The van der Waals surface area contributed by atoms with Gasteiger partial charge in [-0.2, -0.15) is 0 Å². The van der Waals surface area contributed by atoms with Gasteiger partial charge in [-0.25, -0.2) is 0 Å². The van der Waals surface area contributed by atoms with Gasteiger partial charge in [0.05, 0.1) is 0 Å². The number of hydrogen-bond acceptors (Lipinski definition) is 4. The van der Waals surface area contributed by atoms with Crippen LogP contribution in [0.5, 0.6) is 5.75 Å². The van der Waals surface area contributed by atoms with E-state index in [1.807, 2.05) is 18.2 Å². The van der Waals surface area contributed by atoms with Crippen LogP contribution >= 0.6 is 0 Å². The van der Waals surface area contributed by atoms with E-state index in [-0.39, 0.29) is 11.9 Å². The van der Waals surface area contributed by atoms with Gasteiger partial charge in [-0.05, 0) is 43.4 Å². The molecule has 21 heavy (non-hydrogen) atoms. The van der Waals surface area contributed by atoms with Gasteiger partial charge in [0.2, 0.25) is 0 Å². The van der Waals surface area contributed by atoms with Gasteiger partial charge in [-0.15, -0.1) is 0 Å². The lowest BCUT2D eigenvalue weighted by Crippen LogP contribution is -2.37. The summed E-state index contributed by atoms with van der Waals surface area (Å²) in [5, 5.41) is 2.85. The first-order valence-corrected chi connectivity index (χ1v) is 7.44. The molecule has 1 amide bonds. The van der Waals surface area contributed by atoms with Crippen LogP contribution in [-0.4, -0.2) is 32.3 Å². The minimum Gasteiger partial charge on any atom is -0.481 e. The minimum absolute atomic E-state index is 0.0849. The van der Waals surface area contributed by atoms with Crippen LogP contribution in [0.25, 0.3) is 0 Å². The number of rotatable bonds is 7. The molecule has 0 bridgehead atoms. The highest BCUT2D eigenvalue weighted by Crippen LogP contribution is 2.35. The molecule has 5 nitrogen and oxygen atoms in total. The van der Waals surface area contributed by atoms with Crippen LogP contribution in [-0.2, 0) is 16.0 Å². The molecule has 0 saturated heterocycles. The largest absolute Gasteiger partial charge is 0.481 e. The third kappa shape index (κ3) is 3.95. The zero-order valence-corrected chi connectivity index (χ0v) is 12.7. The van der Waals surface area contributed by atoms with Crippen LogP contribution in [0, 0.1) is 0 Å². The maximum atomic E-state index is 12.0. The lowest BCUT2D eigenvalue weighted by Gasteiger charge is -2.17.